The Balaban J connectivity index is 2.35. The Hall–Kier alpha value is -2.59. The Morgan fingerprint density at radius 2 is 1.32 bits per heavy atom. The number of benzene rings is 2. The van der Waals surface area contributed by atoms with E-state index in [2.05, 4.69) is 0 Å². The molecule has 2 rings (SSSR count). The quantitative estimate of drug-likeness (QED) is 0.766. The van der Waals surface area contributed by atoms with E-state index in [4.69, 9.17) is 5.11 Å². The summed E-state index contributed by atoms with van der Waals surface area (Å²) < 4.78 is 0. The average Bonchev–Trinajstić information content (AvgIpc) is 2.51. The number of ketones is 1. The molecule has 0 amide bonds. The number of carbonyl (C=O) groups is 1. The van der Waals surface area contributed by atoms with E-state index in [1.54, 1.807) is 54.6 Å². The van der Waals surface area contributed by atoms with Crippen LogP contribution in [0.2, 0.25) is 0 Å². The molecule has 0 spiro atoms. The maximum atomic E-state index is 11.6. The largest absolute Gasteiger partial charge is 0.508 e. The van der Waals surface area contributed by atoms with Crippen LogP contribution in [0.25, 0.3) is 5.57 Å². The summed E-state index contributed by atoms with van der Waals surface area (Å²) >= 11 is 0. The summed E-state index contributed by atoms with van der Waals surface area (Å²) in [6.45, 7) is -0.152. The van der Waals surface area contributed by atoms with E-state index in [0.717, 1.165) is 16.7 Å². The van der Waals surface area contributed by atoms with E-state index < -0.39 is 0 Å². The van der Waals surface area contributed by atoms with E-state index in [1.165, 1.54) is 0 Å². The van der Waals surface area contributed by atoms with E-state index in [0.29, 0.717) is 0 Å². The van der Waals surface area contributed by atoms with Crippen LogP contribution in [0.15, 0.2) is 54.6 Å². The van der Waals surface area contributed by atoms with Crippen LogP contribution in [0.5, 0.6) is 11.5 Å². The molecule has 2 aromatic carbocycles. The zero-order valence-electron chi connectivity index (χ0n) is 12.1. The van der Waals surface area contributed by atoms with Gasteiger partial charge in [0.15, 0.2) is 0 Å². The van der Waals surface area contributed by atoms with E-state index >= 15 is 0 Å². The standard InChI is InChI=1S/C18H18O4/c19-12-11-17(22)9-10-18(13-1-5-15(20)6-2-13)14-3-7-16(21)8-4-14/h1-8,10,19-21H,9,11-12H2. The fourth-order valence-electron chi connectivity index (χ4n) is 2.13. The lowest BCUT2D eigenvalue weighted by Crippen LogP contribution is -1.99. The molecule has 0 aromatic heterocycles. The maximum Gasteiger partial charge on any atom is 0.138 e. The lowest BCUT2D eigenvalue weighted by molar-refractivity contribution is -0.118. The van der Waals surface area contributed by atoms with Crippen molar-refractivity contribution in [1.82, 2.24) is 0 Å². The van der Waals surface area contributed by atoms with Crippen molar-refractivity contribution in [3.8, 4) is 11.5 Å². The van der Waals surface area contributed by atoms with Crippen molar-refractivity contribution < 1.29 is 20.1 Å². The Kier molecular flexibility index (Phi) is 5.33. The van der Waals surface area contributed by atoms with Crippen LogP contribution in [-0.2, 0) is 4.79 Å². The molecule has 2 aromatic rings. The van der Waals surface area contributed by atoms with Gasteiger partial charge < -0.3 is 15.3 Å². The zero-order valence-corrected chi connectivity index (χ0v) is 12.1. The van der Waals surface area contributed by atoms with Crippen molar-refractivity contribution in [2.75, 3.05) is 6.61 Å². The first-order valence-electron chi connectivity index (χ1n) is 7.01. The lowest BCUT2D eigenvalue weighted by Gasteiger charge is -2.09. The second-order valence-electron chi connectivity index (χ2n) is 4.93. The first kappa shape index (κ1) is 15.8. The summed E-state index contributed by atoms with van der Waals surface area (Å²) in [4.78, 5) is 11.6. The third kappa shape index (κ3) is 4.20. The van der Waals surface area contributed by atoms with Crippen LogP contribution in [0.3, 0.4) is 0 Å². The predicted molar refractivity (Wildman–Crippen MR) is 84.6 cm³/mol. The van der Waals surface area contributed by atoms with E-state index in [9.17, 15) is 15.0 Å². The number of aliphatic hydroxyl groups is 1. The van der Waals surface area contributed by atoms with Crippen molar-refractivity contribution in [3.63, 3.8) is 0 Å². The number of hydrogen-bond acceptors (Lipinski definition) is 4. The monoisotopic (exact) mass is 298 g/mol. The SMILES string of the molecule is O=C(CC=C(c1ccc(O)cc1)c1ccc(O)cc1)CCO. The van der Waals surface area contributed by atoms with E-state index in [-0.39, 0.29) is 36.7 Å². The van der Waals surface area contributed by atoms with Crippen LogP contribution in [-0.4, -0.2) is 27.7 Å². The lowest BCUT2D eigenvalue weighted by atomic mass is 9.96. The highest BCUT2D eigenvalue weighted by atomic mass is 16.3. The van der Waals surface area contributed by atoms with Crippen molar-refractivity contribution in [2.45, 2.75) is 12.8 Å². The van der Waals surface area contributed by atoms with Gasteiger partial charge in [0, 0.05) is 19.4 Å². The number of phenolic OH excluding ortho intramolecular Hbond substituents is 2. The molecule has 0 atom stereocenters. The summed E-state index contributed by atoms with van der Waals surface area (Å²) in [5.41, 5.74) is 2.56. The van der Waals surface area contributed by atoms with Crippen LogP contribution in [0.4, 0.5) is 0 Å². The van der Waals surface area contributed by atoms with Crippen LogP contribution < -0.4 is 0 Å². The number of aromatic hydroxyl groups is 2. The second-order valence-corrected chi connectivity index (χ2v) is 4.93. The first-order valence-corrected chi connectivity index (χ1v) is 7.01. The molecule has 114 valence electrons. The van der Waals surface area contributed by atoms with Crippen LogP contribution >= 0.6 is 0 Å². The smallest absolute Gasteiger partial charge is 0.138 e. The number of hydrogen-bond donors (Lipinski definition) is 3. The summed E-state index contributed by atoms with van der Waals surface area (Å²) in [5, 5.41) is 27.6. The molecule has 4 nitrogen and oxygen atoms in total. The third-order valence-electron chi connectivity index (χ3n) is 3.28. The van der Waals surface area contributed by atoms with Gasteiger partial charge in [-0.3, -0.25) is 4.79 Å². The summed E-state index contributed by atoms with van der Waals surface area (Å²) in [6, 6.07) is 13.4. The van der Waals surface area contributed by atoms with Gasteiger partial charge in [-0.2, -0.15) is 0 Å². The normalized spacial score (nSPS) is 10.2. The van der Waals surface area contributed by atoms with Gasteiger partial charge in [-0.25, -0.2) is 0 Å². The van der Waals surface area contributed by atoms with Gasteiger partial charge in [0.25, 0.3) is 0 Å². The molecule has 0 saturated heterocycles. The van der Waals surface area contributed by atoms with Crippen LogP contribution in [0.1, 0.15) is 24.0 Å². The number of allylic oxidation sites excluding steroid dienone is 1. The number of carbonyl (C=O) groups excluding carboxylic acids is 1. The van der Waals surface area contributed by atoms with Crippen molar-refractivity contribution >= 4 is 11.4 Å². The molecule has 0 aliphatic carbocycles. The minimum Gasteiger partial charge on any atom is -0.508 e. The molecule has 0 radical (unpaired) electrons. The van der Waals surface area contributed by atoms with Gasteiger partial charge in [0.1, 0.15) is 17.3 Å². The number of rotatable bonds is 6. The van der Waals surface area contributed by atoms with Gasteiger partial charge in [-0.05, 0) is 41.0 Å². The average molecular weight is 298 g/mol. The molecule has 0 fully saturated rings. The van der Waals surface area contributed by atoms with Gasteiger partial charge in [-0.15, -0.1) is 0 Å². The Labute approximate surface area is 129 Å². The minimum absolute atomic E-state index is 0.0439. The maximum absolute atomic E-state index is 11.6. The van der Waals surface area contributed by atoms with E-state index in [1.807, 2.05) is 0 Å². The Morgan fingerprint density at radius 1 is 0.864 bits per heavy atom. The number of aliphatic hydroxyl groups excluding tert-OH is 1. The topological polar surface area (TPSA) is 77.8 Å². The summed E-state index contributed by atoms with van der Waals surface area (Å²) in [7, 11) is 0. The van der Waals surface area contributed by atoms with Gasteiger partial charge in [0.05, 0.1) is 0 Å². The minimum atomic E-state index is -0.152. The number of Topliss-reactive ketones (excluding diaryl/α,β-unsaturated/α-hetero) is 1. The van der Waals surface area contributed by atoms with Gasteiger partial charge in [0.2, 0.25) is 0 Å². The third-order valence-corrected chi connectivity index (χ3v) is 3.28. The molecule has 0 heterocycles. The van der Waals surface area contributed by atoms with Gasteiger partial charge >= 0.3 is 0 Å². The fraction of sp³-hybridized carbons (Fsp3) is 0.167. The van der Waals surface area contributed by atoms with Crippen molar-refractivity contribution in [2.24, 2.45) is 0 Å². The zero-order chi connectivity index (χ0) is 15.9. The second kappa shape index (κ2) is 7.43. The molecule has 0 bridgehead atoms. The highest BCUT2D eigenvalue weighted by Gasteiger charge is 2.07. The Morgan fingerprint density at radius 3 is 1.73 bits per heavy atom. The molecule has 3 N–H and O–H groups in total. The molecule has 0 aliphatic rings. The fourth-order valence-corrected chi connectivity index (χ4v) is 2.13. The summed E-state index contributed by atoms with van der Waals surface area (Å²) in [5.74, 6) is 0.299. The van der Waals surface area contributed by atoms with Gasteiger partial charge in [-0.1, -0.05) is 30.3 Å². The predicted octanol–water partition coefficient (Wildman–Crippen LogP) is 2.87. The highest BCUT2D eigenvalue weighted by Crippen LogP contribution is 2.27. The number of phenols is 2. The van der Waals surface area contributed by atoms with Crippen molar-refractivity contribution in [3.05, 3.63) is 65.7 Å². The Bertz CT molecular complexity index is 607. The molecule has 0 saturated carbocycles. The summed E-state index contributed by atoms with van der Waals surface area (Å²) in [6.07, 6.45) is 2.16. The van der Waals surface area contributed by atoms with Crippen molar-refractivity contribution in [1.29, 1.82) is 0 Å². The molecular formula is C18H18O4. The molecule has 0 aliphatic heterocycles. The first-order chi connectivity index (χ1) is 10.6. The molecule has 4 heteroatoms. The highest BCUT2D eigenvalue weighted by molar-refractivity contribution is 5.86. The molecule has 0 unspecified atom stereocenters. The van der Waals surface area contributed by atoms with Crippen LogP contribution in [0, 0.1) is 0 Å². The molecular weight excluding hydrogens is 280 g/mol. The molecule has 22 heavy (non-hydrogen) atoms.